The van der Waals surface area contributed by atoms with E-state index in [0.29, 0.717) is 5.92 Å². The van der Waals surface area contributed by atoms with Crippen molar-refractivity contribution in [3.63, 3.8) is 0 Å². The second kappa shape index (κ2) is 4.59. The number of hydrogen-bond acceptors (Lipinski definition) is 3. The maximum absolute atomic E-state index is 9.43. The lowest BCUT2D eigenvalue weighted by molar-refractivity contribution is 0.00578. The third kappa shape index (κ3) is 2.39. The van der Waals surface area contributed by atoms with E-state index < -0.39 is 7.12 Å². The van der Waals surface area contributed by atoms with E-state index in [2.05, 4.69) is 19.1 Å². The molecule has 110 valence electrons. The van der Waals surface area contributed by atoms with Crippen LogP contribution in [0.1, 0.15) is 63.1 Å². The largest absolute Gasteiger partial charge is 0.495 e. The summed E-state index contributed by atoms with van der Waals surface area (Å²) in [6.45, 7) is 10.3. The Morgan fingerprint density at radius 1 is 1.14 bits per heavy atom. The lowest BCUT2D eigenvalue weighted by Gasteiger charge is -2.32. The molecule has 1 aromatic rings. The highest BCUT2D eigenvalue weighted by molar-refractivity contribution is 6.62. The summed E-state index contributed by atoms with van der Waals surface area (Å²) in [5.74, 6) is 0.575. The molecular weight excluding hydrogens is 261 g/mol. The molecule has 1 heterocycles. The number of nitriles is 1. The van der Waals surface area contributed by atoms with Gasteiger partial charge in [0, 0.05) is 0 Å². The van der Waals surface area contributed by atoms with Gasteiger partial charge in [-0.05, 0) is 70.5 Å². The standard InChI is InChI=1S/C17H22BNO2/c1-11-8-14(12-6-7-12)13(10-19)9-15(11)18-20-16(2,3)17(4,5)21-18/h8-9,12H,6-7H2,1-5H3. The molecule has 1 aliphatic carbocycles. The minimum absolute atomic E-state index is 0.355. The molecule has 0 unspecified atom stereocenters. The zero-order valence-corrected chi connectivity index (χ0v) is 13.5. The van der Waals surface area contributed by atoms with Gasteiger partial charge in [-0.25, -0.2) is 0 Å². The summed E-state index contributed by atoms with van der Waals surface area (Å²) in [5, 5.41) is 9.43. The van der Waals surface area contributed by atoms with E-state index >= 15 is 0 Å². The van der Waals surface area contributed by atoms with Crippen molar-refractivity contribution in [3.05, 3.63) is 28.8 Å². The van der Waals surface area contributed by atoms with Gasteiger partial charge in [-0.15, -0.1) is 0 Å². The van der Waals surface area contributed by atoms with Crippen LogP contribution in [0.15, 0.2) is 12.1 Å². The summed E-state index contributed by atoms with van der Waals surface area (Å²) in [6, 6.07) is 6.45. The monoisotopic (exact) mass is 283 g/mol. The highest BCUT2D eigenvalue weighted by Crippen LogP contribution is 2.42. The molecule has 21 heavy (non-hydrogen) atoms. The Morgan fingerprint density at radius 2 is 1.71 bits per heavy atom. The van der Waals surface area contributed by atoms with Gasteiger partial charge in [-0.2, -0.15) is 5.26 Å². The van der Waals surface area contributed by atoms with E-state index in [1.807, 2.05) is 33.8 Å². The Morgan fingerprint density at radius 3 is 2.19 bits per heavy atom. The molecule has 0 radical (unpaired) electrons. The summed E-state index contributed by atoms with van der Waals surface area (Å²) in [7, 11) is -0.393. The van der Waals surface area contributed by atoms with Crippen molar-refractivity contribution in [1.29, 1.82) is 5.26 Å². The molecule has 0 bridgehead atoms. The predicted molar refractivity (Wildman–Crippen MR) is 83.6 cm³/mol. The zero-order chi connectivity index (χ0) is 15.4. The van der Waals surface area contributed by atoms with Crippen LogP contribution in [0.5, 0.6) is 0 Å². The SMILES string of the molecule is Cc1cc(C2CC2)c(C#N)cc1B1OC(C)(C)C(C)(C)O1. The molecule has 3 nitrogen and oxygen atoms in total. The minimum atomic E-state index is -0.393. The summed E-state index contributed by atoms with van der Waals surface area (Å²) in [6.07, 6.45) is 2.40. The van der Waals surface area contributed by atoms with Crippen molar-refractivity contribution in [2.24, 2.45) is 0 Å². The quantitative estimate of drug-likeness (QED) is 0.783. The van der Waals surface area contributed by atoms with Gasteiger partial charge in [0.1, 0.15) is 0 Å². The molecule has 1 aliphatic heterocycles. The first-order chi connectivity index (χ1) is 9.75. The molecule has 0 N–H and O–H groups in total. The van der Waals surface area contributed by atoms with Crippen molar-refractivity contribution in [1.82, 2.24) is 0 Å². The Balaban J connectivity index is 1.99. The molecule has 1 aromatic carbocycles. The van der Waals surface area contributed by atoms with Gasteiger partial charge in [0.2, 0.25) is 0 Å². The van der Waals surface area contributed by atoms with Crippen LogP contribution in [-0.2, 0) is 9.31 Å². The smallest absolute Gasteiger partial charge is 0.399 e. The normalized spacial score (nSPS) is 23.1. The maximum Gasteiger partial charge on any atom is 0.495 e. The van der Waals surface area contributed by atoms with Gasteiger partial charge >= 0.3 is 7.12 Å². The van der Waals surface area contributed by atoms with E-state index in [1.54, 1.807) is 0 Å². The Labute approximate surface area is 127 Å². The van der Waals surface area contributed by atoms with E-state index in [9.17, 15) is 5.26 Å². The summed E-state index contributed by atoms with van der Waals surface area (Å²) < 4.78 is 12.2. The fourth-order valence-electron chi connectivity index (χ4n) is 2.80. The first-order valence-electron chi connectivity index (χ1n) is 7.65. The molecule has 0 amide bonds. The van der Waals surface area contributed by atoms with E-state index in [-0.39, 0.29) is 11.2 Å². The van der Waals surface area contributed by atoms with Crippen LogP contribution in [0, 0.1) is 18.3 Å². The van der Waals surface area contributed by atoms with Crippen molar-refractivity contribution < 1.29 is 9.31 Å². The van der Waals surface area contributed by atoms with Crippen LogP contribution >= 0.6 is 0 Å². The van der Waals surface area contributed by atoms with Crippen LogP contribution in [0.2, 0.25) is 0 Å². The molecule has 0 atom stereocenters. The lowest BCUT2D eigenvalue weighted by atomic mass is 9.74. The van der Waals surface area contributed by atoms with Gasteiger partial charge < -0.3 is 9.31 Å². The van der Waals surface area contributed by atoms with Crippen LogP contribution in [0.3, 0.4) is 0 Å². The third-order valence-electron chi connectivity index (χ3n) is 5.08. The highest BCUT2D eigenvalue weighted by atomic mass is 16.7. The number of nitrogens with zero attached hydrogens (tertiary/aromatic N) is 1. The molecule has 0 spiro atoms. The van der Waals surface area contributed by atoms with E-state index in [1.165, 1.54) is 18.4 Å². The fourth-order valence-corrected chi connectivity index (χ4v) is 2.80. The molecule has 2 fully saturated rings. The maximum atomic E-state index is 9.43. The van der Waals surface area contributed by atoms with Gasteiger partial charge in [0.25, 0.3) is 0 Å². The Bertz CT molecular complexity index is 610. The van der Waals surface area contributed by atoms with Crippen LogP contribution in [-0.4, -0.2) is 18.3 Å². The topological polar surface area (TPSA) is 42.2 Å². The fraction of sp³-hybridized carbons (Fsp3) is 0.588. The molecule has 1 saturated carbocycles. The highest BCUT2D eigenvalue weighted by Gasteiger charge is 2.52. The molecule has 4 heteroatoms. The molecular formula is C17H22BNO2. The summed E-state index contributed by atoms with van der Waals surface area (Å²) in [4.78, 5) is 0. The minimum Gasteiger partial charge on any atom is -0.399 e. The number of benzene rings is 1. The molecule has 3 rings (SSSR count). The van der Waals surface area contributed by atoms with Gasteiger partial charge in [-0.3, -0.25) is 0 Å². The molecule has 0 aromatic heterocycles. The van der Waals surface area contributed by atoms with Gasteiger partial charge in [-0.1, -0.05) is 11.6 Å². The lowest BCUT2D eigenvalue weighted by Crippen LogP contribution is -2.41. The average molecular weight is 283 g/mol. The first-order valence-corrected chi connectivity index (χ1v) is 7.65. The zero-order valence-electron chi connectivity index (χ0n) is 13.5. The van der Waals surface area contributed by atoms with Gasteiger partial charge in [0.15, 0.2) is 0 Å². The first kappa shape index (κ1) is 14.6. The van der Waals surface area contributed by atoms with Gasteiger partial charge in [0.05, 0.1) is 22.8 Å². The second-order valence-corrected chi connectivity index (χ2v) is 7.27. The Kier molecular flexibility index (Phi) is 3.20. The third-order valence-corrected chi connectivity index (χ3v) is 5.08. The molecule has 1 saturated heterocycles. The van der Waals surface area contributed by atoms with Crippen molar-refractivity contribution >= 4 is 12.6 Å². The van der Waals surface area contributed by atoms with Crippen LogP contribution in [0.4, 0.5) is 0 Å². The summed E-state index contributed by atoms with van der Waals surface area (Å²) in [5.41, 5.74) is 3.38. The van der Waals surface area contributed by atoms with Crippen LogP contribution in [0.25, 0.3) is 0 Å². The van der Waals surface area contributed by atoms with Crippen LogP contribution < -0.4 is 5.46 Å². The number of rotatable bonds is 2. The van der Waals surface area contributed by atoms with Crippen molar-refractivity contribution in [2.45, 2.75) is 64.6 Å². The number of hydrogen-bond donors (Lipinski definition) is 0. The summed E-state index contributed by atoms with van der Waals surface area (Å²) >= 11 is 0. The average Bonchev–Trinajstić information content (AvgIpc) is 3.17. The van der Waals surface area contributed by atoms with E-state index in [0.717, 1.165) is 16.6 Å². The van der Waals surface area contributed by atoms with Crippen molar-refractivity contribution in [2.75, 3.05) is 0 Å². The molecule has 2 aliphatic rings. The van der Waals surface area contributed by atoms with Crippen molar-refractivity contribution in [3.8, 4) is 6.07 Å². The Hall–Kier alpha value is -1.31. The predicted octanol–water partition coefficient (Wildman–Crippen LogP) is 3.04. The second-order valence-electron chi connectivity index (χ2n) is 7.27. The van der Waals surface area contributed by atoms with E-state index in [4.69, 9.17) is 9.31 Å². The number of aryl methyl sites for hydroxylation is 1.